The van der Waals surface area contributed by atoms with E-state index in [0.29, 0.717) is 6.61 Å². The van der Waals surface area contributed by atoms with Crippen LogP contribution >= 0.6 is 0 Å². The molecule has 22 heavy (non-hydrogen) atoms. The van der Waals surface area contributed by atoms with Gasteiger partial charge in [0, 0.05) is 12.6 Å². The SMILES string of the molecule is Cn1c(COc2ccc3c(c2)CCCC3)cc2ccccc21. The smallest absolute Gasteiger partial charge is 0.128 e. The van der Waals surface area contributed by atoms with Gasteiger partial charge >= 0.3 is 0 Å². The standard InChI is InChI=1S/C20H21NO/c1-21-18(12-17-8-4-5-9-20(17)21)14-22-19-11-10-15-6-2-3-7-16(15)13-19/h4-5,8-13H,2-3,6-7,14H2,1H3. The van der Waals surface area contributed by atoms with Gasteiger partial charge in [-0.1, -0.05) is 24.3 Å². The van der Waals surface area contributed by atoms with E-state index in [1.807, 2.05) is 0 Å². The Bertz CT molecular complexity index is 816. The first-order valence-electron chi connectivity index (χ1n) is 8.09. The fourth-order valence-electron chi connectivity index (χ4n) is 3.44. The second kappa shape index (κ2) is 5.53. The fraction of sp³-hybridized carbons (Fsp3) is 0.300. The van der Waals surface area contributed by atoms with Gasteiger partial charge in [-0.3, -0.25) is 0 Å². The van der Waals surface area contributed by atoms with Gasteiger partial charge < -0.3 is 9.30 Å². The lowest BCUT2D eigenvalue weighted by atomic mass is 9.92. The number of para-hydroxylation sites is 1. The number of benzene rings is 2. The molecule has 0 fully saturated rings. The lowest BCUT2D eigenvalue weighted by Gasteiger charge is -2.17. The summed E-state index contributed by atoms with van der Waals surface area (Å²) in [6.45, 7) is 0.615. The van der Waals surface area contributed by atoms with Crippen LogP contribution in [0.25, 0.3) is 10.9 Å². The zero-order chi connectivity index (χ0) is 14.9. The molecule has 1 aromatic heterocycles. The molecule has 0 saturated carbocycles. The van der Waals surface area contributed by atoms with Crippen molar-refractivity contribution in [1.29, 1.82) is 0 Å². The molecule has 0 spiro atoms. The average molecular weight is 291 g/mol. The number of hydrogen-bond acceptors (Lipinski definition) is 1. The zero-order valence-corrected chi connectivity index (χ0v) is 13.0. The quantitative estimate of drug-likeness (QED) is 0.686. The highest BCUT2D eigenvalue weighted by molar-refractivity contribution is 5.81. The second-order valence-electron chi connectivity index (χ2n) is 6.18. The molecule has 1 aliphatic rings. The minimum Gasteiger partial charge on any atom is -0.487 e. The number of fused-ring (bicyclic) bond motifs is 2. The van der Waals surface area contributed by atoms with Gasteiger partial charge in [0.1, 0.15) is 12.4 Å². The third-order valence-electron chi connectivity index (χ3n) is 4.76. The second-order valence-corrected chi connectivity index (χ2v) is 6.18. The van der Waals surface area contributed by atoms with E-state index in [-0.39, 0.29) is 0 Å². The molecular weight excluding hydrogens is 270 g/mol. The van der Waals surface area contributed by atoms with Crippen LogP contribution in [0, 0.1) is 0 Å². The Morgan fingerprint density at radius 2 is 1.77 bits per heavy atom. The van der Waals surface area contributed by atoms with Crippen molar-refractivity contribution in [3.63, 3.8) is 0 Å². The van der Waals surface area contributed by atoms with Crippen molar-refractivity contribution >= 4 is 10.9 Å². The van der Waals surface area contributed by atoms with Crippen molar-refractivity contribution in [2.45, 2.75) is 32.3 Å². The van der Waals surface area contributed by atoms with Gasteiger partial charge in [0.25, 0.3) is 0 Å². The number of aromatic nitrogens is 1. The van der Waals surface area contributed by atoms with Gasteiger partial charge in [-0.05, 0) is 66.5 Å². The van der Waals surface area contributed by atoms with E-state index >= 15 is 0 Å². The van der Waals surface area contributed by atoms with Crippen molar-refractivity contribution in [2.24, 2.45) is 7.05 Å². The van der Waals surface area contributed by atoms with E-state index < -0.39 is 0 Å². The molecule has 0 bridgehead atoms. The molecular formula is C20H21NO. The molecule has 2 heteroatoms. The van der Waals surface area contributed by atoms with Crippen molar-refractivity contribution in [3.8, 4) is 5.75 Å². The van der Waals surface area contributed by atoms with Crippen molar-refractivity contribution in [3.05, 3.63) is 65.4 Å². The molecule has 112 valence electrons. The first-order chi connectivity index (χ1) is 10.8. The van der Waals surface area contributed by atoms with Crippen molar-refractivity contribution in [1.82, 2.24) is 4.57 Å². The van der Waals surface area contributed by atoms with Gasteiger partial charge in [-0.25, -0.2) is 0 Å². The largest absolute Gasteiger partial charge is 0.487 e. The molecule has 0 amide bonds. The maximum absolute atomic E-state index is 6.05. The first kappa shape index (κ1) is 13.4. The minimum atomic E-state index is 0.615. The molecule has 1 aliphatic carbocycles. The molecule has 0 unspecified atom stereocenters. The molecule has 4 rings (SSSR count). The van der Waals surface area contributed by atoms with E-state index in [2.05, 4.69) is 60.1 Å². The van der Waals surface area contributed by atoms with Gasteiger partial charge in [0.15, 0.2) is 0 Å². The topological polar surface area (TPSA) is 14.2 Å². The number of ether oxygens (including phenoxy) is 1. The molecule has 2 nitrogen and oxygen atoms in total. The lowest BCUT2D eigenvalue weighted by molar-refractivity contribution is 0.297. The Balaban J connectivity index is 1.55. The van der Waals surface area contributed by atoms with E-state index in [9.17, 15) is 0 Å². The summed E-state index contributed by atoms with van der Waals surface area (Å²) in [7, 11) is 2.11. The number of nitrogens with zero attached hydrogens (tertiary/aromatic N) is 1. The molecule has 0 saturated heterocycles. The van der Waals surface area contributed by atoms with E-state index in [4.69, 9.17) is 4.74 Å². The first-order valence-corrected chi connectivity index (χ1v) is 8.09. The molecule has 0 N–H and O–H groups in total. The summed E-state index contributed by atoms with van der Waals surface area (Å²) in [5.74, 6) is 0.992. The minimum absolute atomic E-state index is 0.615. The summed E-state index contributed by atoms with van der Waals surface area (Å²) in [6.07, 6.45) is 5.04. The summed E-state index contributed by atoms with van der Waals surface area (Å²) in [4.78, 5) is 0. The summed E-state index contributed by atoms with van der Waals surface area (Å²) in [5, 5.41) is 1.27. The highest BCUT2D eigenvalue weighted by Gasteiger charge is 2.11. The van der Waals surface area contributed by atoms with Crippen molar-refractivity contribution < 1.29 is 4.74 Å². The molecule has 2 aromatic carbocycles. The maximum atomic E-state index is 6.05. The predicted molar refractivity (Wildman–Crippen MR) is 90.3 cm³/mol. The van der Waals surface area contributed by atoms with Crippen LogP contribution in [0.15, 0.2) is 48.5 Å². The van der Waals surface area contributed by atoms with Crippen LogP contribution in [0.5, 0.6) is 5.75 Å². The van der Waals surface area contributed by atoms with Gasteiger partial charge in [0.2, 0.25) is 0 Å². The van der Waals surface area contributed by atoms with Crippen LogP contribution in [-0.4, -0.2) is 4.57 Å². The molecule has 3 aromatic rings. The van der Waals surface area contributed by atoms with Crippen LogP contribution in [0.1, 0.15) is 29.7 Å². The van der Waals surface area contributed by atoms with Gasteiger partial charge in [-0.15, -0.1) is 0 Å². The third-order valence-corrected chi connectivity index (χ3v) is 4.76. The van der Waals surface area contributed by atoms with Crippen LogP contribution < -0.4 is 4.74 Å². The van der Waals surface area contributed by atoms with Gasteiger partial charge in [0.05, 0.1) is 5.69 Å². The monoisotopic (exact) mass is 291 g/mol. The number of aryl methyl sites for hydroxylation is 3. The molecule has 0 atom stereocenters. The number of rotatable bonds is 3. The highest BCUT2D eigenvalue weighted by Crippen LogP contribution is 2.26. The normalized spacial score (nSPS) is 14.0. The van der Waals surface area contributed by atoms with E-state index in [1.165, 1.54) is 53.4 Å². The van der Waals surface area contributed by atoms with Gasteiger partial charge in [-0.2, -0.15) is 0 Å². The zero-order valence-electron chi connectivity index (χ0n) is 13.0. The van der Waals surface area contributed by atoms with Crippen LogP contribution in [0.3, 0.4) is 0 Å². The Hall–Kier alpha value is -2.22. The molecule has 0 radical (unpaired) electrons. The predicted octanol–water partition coefficient (Wildman–Crippen LogP) is 4.64. The molecule has 1 heterocycles. The number of hydrogen-bond donors (Lipinski definition) is 0. The highest BCUT2D eigenvalue weighted by atomic mass is 16.5. The lowest BCUT2D eigenvalue weighted by Crippen LogP contribution is -2.05. The Morgan fingerprint density at radius 3 is 2.64 bits per heavy atom. The maximum Gasteiger partial charge on any atom is 0.128 e. The fourth-order valence-corrected chi connectivity index (χ4v) is 3.44. The summed E-state index contributed by atoms with van der Waals surface area (Å²) < 4.78 is 8.26. The third kappa shape index (κ3) is 2.39. The Morgan fingerprint density at radius 1 is 0.955 bits per heavy atom. The van der Waals surface area contributed by atoms with Crippen LogP contribution in [0.4, 0.5) is 0 Å². The molecule has 0 aliphatic heterocycles. The van der Waals surface area contributed by atoms with Crippen molar-refractivity contribution in [2.75, 3.05) is 0 Å². The van der Waals surface area contributed by atoms with Crippen LogP contribution in [-0.2, 0) is 26.5 Å². The van der Waals surface area contributed by atoms with E-state index in [0.717, 1.165) is 5.75 Å². The van der Waals surface area contributed by atoms with Crippen LogP contribution in [0.2, 0.25) is 0 Å². The Labute approximate surface area is 131 Å². The summed E-state index contributed by atoms with van der Waals surface area (Å²) in [6, 6.07) is 17.3. The Kier molecular flexibility index (Phi) is 3.38. The average Bonchev–Trinajstić information content (AvgIpc) is 2.89. The summed E-state index contributed by atoms with van der Waals surface area (Å²) in [5.41, 5.74) is 5.44. The summed E-state index contributed by atoms with van der Waals surface area (Å²) >= 11 is 0. The van der Waals surface area contributed by atoms with E-state index in [1.54, 1.807) is 0 Å².